The van der Waals surface area contributed by atoms with Crippen LogP contribution in [-0.4, -0.2) is 32.8 Å². The zero-order valence-corrected chi connectivity index (χ0v) is 16.5. The quantitative estimate of drug-likeness (QED) is 0.647. The maximum atomic E-state index is 12.5. The Morgan fingerprint density at radius 2 is 1.82 bits per heavy atom. The molecule has 28 heavy (non-hydrogen) atoms. The molecule has 2 atom stereocenters. The van der Waals surface area contributed by atoms with Gasteiger partial charge < -0.3 is 19.5 Å². The third-order valence-electron chi connectivity index (χ3n) is 4.73. The van der Waals surface area contributed by atoms with Crippen molar-refractivity contribution in [3.05, 3.63) is 53.6 Å². The number of methoxy groups -OCH3 is 2. The summed E-state index contributed by atoms with van der Waals surface area (Å²) in [5.41, 5.74) is 8.34. The number of ether oxygens (including phenoxy) is 3. The van der Waals surface area contributed by atoms with Gasteiger partial charge in [0, 0.05) is 12.6 Å². The van der Waals surface area contributed by atoms with Crippen LogP contribution in [0.3, 0.4) is 0 Å². The Morgan fingerprint density at radius 3 is 2.50 bits per heavy atom. The van der Waals surface area contributed by atoms with Crippen LogP contribution in [0.5, 0.6) is 17.2 Å². The van der Waals surface area contributed by atoms with E-state index in [0.717, 1.165) is 16.9 Å². The molecule has 7 heteroatoms. The first-order valence-corrected chi connectivity index (χ1v) is 9.37. The lowest BCUT2D eigenvalue weighted by Gasteiger charge is -2.13. The first-order chi connectivity index (χ1) is 13.6. The van der Waals surface area contributed by atoms with Crippen molar-refractivity contribution in [3.8, 4) is 17.2 Å². The number of hydrogen-bond donors (Lipinski definition) is 3. The van der Waals surface area contributed by atoms with Gasteiger partial charge in [-0.2, -0.15) is 0 Å². The summed E-state index contributed by atoms with van der Waals surface area (Å²) in [5, 5.41) is 2.97. The largest absolute Gasteiger partial charge is 0.494 e. The molecule has 3 N–H and O–H groups in total. The van der Waals surface area contributed by atoms with Gasteiger partial charge in [0.15, 0.2) is 11.5 Å². The number of hydrogen-bond acceptors (Lipinski definition) is 6. The Bertz CT molecular complexity index is 795. The highest BCUT2D eigenvalue weighted by Gasteiger charge is 2.29. The summed E-state index contributed by atoms with van der Waals surface area (Å²) in [4.78, 5) is 12.5. The van der Waals surface area contributed by atoms with Crippen molar-refractivity contribution in [1.82, 2.24) is 16.2 Å². The summed E-state index contributed by atoms with van der Waals surface area (Å²) in [6, 6.07) is 13.3. The van der Waals surface area contributed by atoms with Crippen molar-refractivity contribution in [1.29, 1.82) is 0 Å². The van der Waals surface area contributed by atoms with Gasteiger partial charge in [-0.3, -0.25) is 4.79 Å². The normalized spacial score (nSPS) is 18.5. The first kappa shape index (κ1) is 20.0. The predicted octanol–water partition coefficient (Wildman–Crippen LogP) is 2.33. The van der Waals surface area contributed by atoms with Gasteiger partial charge in [-0.1, -0.05) is 18.2 Å². The molecule has 7 nitrogen and oxygen atoms in total. The lowest BCUT2D eigenvalue weighted by Crippen LogP contribution is -2.42. The van der Waals surface area contributed by atoms with Crippen LogP contribution in [0.4, 0.5) is 0 Å². The maximum Gasteiger partial charge on any atom is 0.238 e. The van der Waals surface area contributed by atoms with E-state index >= 15 is 0 Å². The van der Waals surface area contributed by atoms with E-state index in [1.165, 1.54) is 0 Å². The molecular formula is C21H27N3O4. The minimum Gasteiger partial charge on any atom is -0.494 e. The van der Waals surface area contributed by atoms with E-state index in [1.807, 2.05) is 49.4 Å². The van der Waals surface area contributed by atoms with E-state index < -0.39 is 0 Å². The smallest absolute Gasteiger partial charge is 0.238 e. The fraction of sp³-hybridized carbons (Fsp3) is 0.381. The third kappa shape index (κ3) is 4.74. The second-order valence-corrected chi connectivity index (χ2v) is 6.54. The molecule has 150 valence electrons. The van der Waals surface area contributed by atoms with Gasteiger partial charge in [-0.05, 0) is 48.7 Å². The lowest BCUT2D eigenvalue weighted by molar-refractivity contribution is -0.123. The van der Waals surface area contributed by atoms with Crippen molar-refractivity contribution >= 4 is 5.91 Å². The second kappa shape index (κ2) is 9.43. The maximum absolute atomic E-state index is 12.5. The molecule has 0 aliphatic carbocycles. The average Bonchev–Trinajstić information content (AvgIpc) is 3.23. The minimum absolute atomic E-state index is 0.0456. The molecular weight excluding hydrogens is 358 g/mol. The van der Waals surface area contributed by atoms with Crippen molar-refractivity contribution in [2.75, 3.05) is 20.8 Å². The number of carbonyl (C=O) groups is 1. The van der Waals surface area contributed by atoms with Gasteiger partial charge in [-0.15, -0.1) is 0 Å². The van der Waals surface area contributed by atoms with Crippen LogP contribution in [0.2, 0.25) is 0 Å². The highest BCUT2D eigenvalue weighted by atomic mass is 16.5. The van der Waals surface area contributed by atoms with Gasteiger partial charge in [0.05, 0.1) is 20.8 Å². The molecule has 1 saturated heterocycles. The van der Waals surface area contributed by atoms with Gasteiger partial charge in [-0.25, -0.2) is 10.9 Å². The van der Waals surface area contributed by atoms with E-state index in [9.17, 15) is 4.79 Å². The fourth-order valence-corrected chi connectivity index (χ4v) is 3.21. The molecule has 0 bridgehead atoms. The number of amides is 1. The highest BCUT2D eigenvalue weighted by molar-refractivity contribution is 5.82. The van der Waals surface area contributed by atoms with Crippen LogP contribution < -0.4 is 30.4 Å². The van der Waals surface area contributed by atoms with E-state index in [4.69, 9.17) is 14.2 Å². The number of carbonyl (C=O) groups excluding carboxylic acids is 1. The first-order valence-electron chi connectivity index (χ1n) is 9.37. The molecule has 2 aromatic carbocycles. The van der Waals surface area contributed by atoms with Gasteiger partial charge in [0.2, 0.25) is 5.91 Å². The van der Waals surface area contributed by atoms with Crippen LogP contribution >= 0.6 is 0 Å². The number of rotatable bonds is 8. The summed E-state index contributed by atoms with van der Waals surface area (Å²) in [6.45, 7) is 3.03. The molecule has 0 aromatic heterocycles. The Labute approximate surface area is 165 Å². The summed E-state index contributed by atoms with van der Waals surface area (Å²) in [6.07, 6.45) is 0.672. The van der Waals surface area contributed by atoms with Crippen molar-refractivity contribution in [2.24, 2.45) is 0 Å². The number of nitrogens with one attached hydrogen (secondary N) is 3. The van der Waals surface area contributed by atoms with Crippen molar-refractivity contribution in [3.63, 3.8) is 0 Å². The van der Waals surface area contributed by atoms with Gasteiger partial charge in [0.1, 0.15) is 11.8 Å². The van der Waals surface area contributed by atoms with Gasteiger partial charge in [0.25, 0.3) is 0 Å². The van der Waals surface area contributed by atoms with Crippen LogP contribution in [-0.2, 0) is 11.3 Å². The molecule has 2 aromatic rings. The van der Waals surface area contributed by atoms with Crippen LogP contribution in [0.1, 0.15) is 30.5 Å². The molecule has 1 fully saturated rings. The molecule has 2 unspecified atom stereocenters. The highest BCUT2D eigenvalue weighted by Crippen LogP contribution is 2.28. The Hall–Kier alpha value is -2.77. The fourth-order valence-electron chi connectivity index (χ4n) is 3.21. The molecule has 0 spiro atoms. The van der Waals surface area contributed by atoms with E-state index in [0.29, 0.717) is 31.1 Å². The zero-order chi connectivity index (χ0) is 19.9. The number of benzene rings is 2. The summed E-state index contributed by atoms with van der Waals surface area (Å²) in [7, 11) is 3.19. The number of hydrazine groups is 1. The van der Waals surface area contributed by atoms with Crippen LogP contribution in [0.15, 0.2) is 42.5 Å². The standard InChI is InChI=1S/C21H27N3O4/c1-4-28-16-8-6-15(7-9-16)17-12-18(24-23-17)21(25)22-13-14-5-10-19(26-2)20(11-14)27-3/h5-11,17-18,23-24H,4,12-13H2,1-3H3,(H,22,25). The summed E-state index contributed by atoms with van der Waals surface area (Å²) in [5.74, 6) is 2.11. The Balaban J connectivity index is 1.53. The molecule has 0 radical (unpaired) electrons. The van der Waals surface area contributed by atoms with Crippen LogP contribution in [0, 0.1) is 0 Å². The lowest BCUT2D eigenvalue weighted by atomic mass is 10.0. The van der Waals surface area contributed by atoms with Crippen LogP contribution in [0.25, 0.3) is 0 Å². The molecule has 1 aliphatic heterocycles. The van der Waals surface area contributed by atoms with Gasteiger partial charge >= 0.3 is 0 Å². The Kier molecular flexibility index (Phi) is 6.73. The summed E-state index contributed by atoms with van der Waals surface area (Å²) < 4.78 is 16.0. The Morgan fingerprint density at radius 1 is 1.07 bits per heavy atom. The van der Waals surface area contributed by atoms with Crippen molar-refractivity contribution in [2.45, 2.75) is 32.0 Å². The molecule has 0 saturated carbocycles. The third-order valence-corrected chi connectivity index (χ3v) is 4.73. The minimum atomic E-state index is -0.295. The topological polar surface area (TPSA) is 80.9 Å². The molecule has 1 amide bonds. The molecule has 3 rings (SSSR count). The van der Waals surface area contributed by atoms with Crippen molar-refractivity contribution < 1.29 is 19.0 Å². The van der Waals surface area contributed by atoms with E-state index in [-0.39, 0.29) is 18.0 Å². The molecule has 1 aliphatic rings. The monoisotopic (exact) mass is 385 g/mol. The molecule has 1 heterocycles. The second-order valence-electron chi connectivity index (χ2n) is 6.54. The van der Waals surface area contributed by atoms with E-state index in [2.05, 4.69) is 16.2 Å². The average molecular weight is 385 g/mol. The van der Waals surface area contributed by atoms with E-state index in [1.54, 1.807) is 14.2 Å². The SMILES string of the molecule is CCOc1ccc(C2CC(C(=O)NCc3ccc(OC)c(OC)c3)NN2)cc1. The summed E-state index contributed by atoms with van der Waals surface area (Å²) >= 11 is 0. The zero-order valence-electron chi connectivity index (χ0n) is 16.5. The predicted molar refractivity (Wildman–Crippen MR) is 106 cm³/mol.